The molecule has 0 amide bonds. The summed E-state index contributed by atoms with van der Waals surface area (Å²) in [5, 5.41) is 9.34. The summed E-state index contributed by atoms with van der Waals surface area (Å²) in [6.45, 7) is 2.54. The molecule has 23 heavy (non-hydrogen) atoms. The maximum absolute atomic E-state index is 13.1. The summed E-state index contributed by atoms with van der Waals surface area (Å²) < 4.78 is 14.9. The predicted molar refractivity (Wildman–Crippen MR) is 83.3 cm³/mol. The average molecular weight is 315 g/mol. The second-order valence-electron chi connectivity index (χ2n) is 5.86. The van der Waals surface area contributed by atoms with Crippen molar-refractivity contribution >= 4 is 11.8 Å². The van der Waals surface area contributed by atoms with Gasteiger partial charge in [-0.2, -0.15) is 0 Å². The minimum atomic E-state index is -0.856. The van der Waals surface area contributed by atoms with Crippen molar-refractivity contribution in [2.24, 2.45) is 0 Å². The van der Waals surface area contributed by atoms with E-state index in [1.54, 1.807) is 0 Å². The standard InChI is InChI=1S/C18H18FNO3/c1-2-3-12-10-15-14(18(22)23)8-9-20(15)16(12)17(21)11-4-6-13(19)7-5-11/h4-7,10,14H,2-3,8-9H2,1H3,(H,22,23). The molecule has 1 N–H and O–H groups in total. The number of carbonyl (C=O) groups is 2. The topological polar surface area (TPSA) is 59.3 Å². The Morgan fingerprint density at radius 1 is 1.30 bits per heavy atom. The number of hydrogen-bond donors (Lipinski definition) is 1. The lowest BCUT2D eigenvalue weighted by Gasteiger charge is -2.08. The minimum Gasteiger partial charge on any atom is -0.481 e. The van der Waals surface area contributed by atoms with Crippen LogP contribution in [0.4, 0.5) is 4.39 Å². The lowest BCUT2D eigenvalue weighted by molar-refractivity contribution is -0.138. The number of aliphatic carboxylic acids is 1. The van der Waals surface area contributed by atoms with Crippen LogP contribution in [0.25, 0.3) is 0 Å². The number of hydrogen-bond acceptors (Lipinski definition) is 2. The summed E-state index contributed by atoms with van der Waals surface area (Å²) in [7, 11) is 0. The van der Waals surface area contributed by atoms with Crippen LogP contribution in [0.2, 0.25) is 0 Å². The smallest absolute Gasteiger partial charge is 0.312 e. The van der Waals surface area contributed by atoms with Gasteiger partial charge in [-0.05, 0) is 48.7 Å². The fourth-order valence-corrected chi connectivity index (χ4v) is 3.28. The third kappa shape index (κ3) is 2.67. The number of carbonyl (C=O) groups excluding carboxylic acids is 1. The van der Waals surface area contributed by atoms with E-state index < -0.39 is 11.9 Å². The Balaban J connectivity index is 2.07. The van der Waals surface area contributed by atoms with Crippen LogP contribution in [0.3, 0.4) is 0 Å². The first-order valence-electron chi connectivity index (χ1n) is 7.78. The van der Waals surface area contributed by atoms with Crippen molar-refractivity contribution in [3.63, 3.8) is 0 Å². The molecule has 1 aromatic carbocycles. The van der Waals surface area contributed by atoms with E-state index in [9.17, 15) is 19.1 Å². The molecule has 0 fully saturated rings. The highest BCUT2D eigenvalue weighted by Gasteiger charge is 2.33. The Hall–Kier alpha value is -2.43. The van der Waals surface area contributed by atoms with Gasteiger partial charge in [-0.25, -0.2) is 4.39 Å². The van der Waals surface area contributed by atoms with Crippen LogP contribution in [-0.4, -0.2) is 21.4 Å². The summed E-state index contributed by atoms with van der Waals surface area (Å²) in [6, 6.07) is 7.32. The predicted octanol–water partition coefficient (Wildman–Crippen LogP) is 3.38. The first-order valence-corrected chi connectivity index (χ1v) is 7.78. The lowest BCUT2D eigenvalue weighted by atomic mass is 10.00. The van der Waals surface area contributed by atoms with Gasteiger partial charge in [-0.1, -0.05) is 13.3 Å². The molecule has 120 valence electrons. The van der Waals surface area contributed by atoms with Crippen LogP contribution >= 0.6 is 0 Å². The molecule has 0 spiro atoms. The van der Waals surface area contributed by atoms with E-state index in [2.05, 4.69) is 0 Å². The van der Waals surface area contributed by atoms with E-state index in [0.29, 0.717) is 36.3 Å². The van der Waals surface area contributed by atoms with E-state index in [4.69, 9.17) is 0 Å². The lowest BCUT2D eigenvalue weighted by Crippen LogP contribution is -2.11. The van der Waals surface area contributed by atoms with Gasteiger partial charge in [0.15, 0.2) is 0 Å². The second-order valence-corrected chi connectivity index (χ2v) is 5.86. The van der Waals surface area contributed by atoms with Gasteiger partial charge >= 0.3 is 5.97 Å². The van der Waals surface area contributed by atoms with Crippen molar-refractivity contribution in [2.75, 3.05) is 0 Å². The van der Waals surface area contributed by atoms with Crippen LogP contribution in [0.1, 0.15) is 53.0 Å². The van der Waals surface area contributed by atoms with Crippen molar-refractivity contribution in [3.05, 3.63) is 58.7 Å². The number of aromatic nitrogens is 1. The molecule has 2 aromatic rings. The first kappa shape index (κ1) is 15.5. The molecule has 0 saturated carbocycles. The molecule has 4 nitrogen and oxygen atoms in total. The molecule has 1 aliphatic rings. The molecule has 1 aromatic heterocycles. The number of carboxylic acids is 1. The molecule has 1 aliphatic heterocycles. The summed E-state index contributed by atoms with van der Waals surface area (Å²) in [5.41, 5.74) is 2.55. The molecule has 3 rings (SSSR count). The van der Waals surface area contributed by atoms with Gasteiger partial charge < -0.3 is 9.67 Å². The molecule has 1 unspecified atom stereocenters. The number of carboxylic acid groups (broad SMARTS) is 1. The average Bonchev–Trinajstić information content (AvgIpc) is 3.06. The summed E-state index contributed by atoms with van der Waals surface area (Å²) in [5.74, 6) is -1.97. The molecule has 0 aliphatic carbocycles. The Morgan fingerprint density at radius 3 is 2.61 bits per heavy atom. The van der Waals surface area contributed by atoms with Gasteiger partial charge in [-0.3, -0.25) is 9.59 Å². The molecule has 1 atom stereocenters. The van der Waals surface area contributed by atoms with Crippen LogP contribution in [0.5, 0.6) is 0 Å². The van der Waals surface area contributed by atoms with Crippen molar-refractivity contribution in [1.29, 1.82) is 0 Å². The summed E-state index contributed by atoms with van der Waals surface area (Å²) in [6.07, 6.45) is 2.08. The second kappa shape index (κ2) is 5.99. The number of halogens is 1. The van der Waals surface area contributed by atoms with Crippen molar-refractivity contribution < 1.29 is 19.1 Å². The number of aryl methyl sites for hydroxylation is 1. The Labute approximate surface area is 133 Å². The maximum Gasteiger partial charge on any atom is 0.312 e. The zero-order chi connectivity index (χ0) is 16.6. The van der Waals surface area contributed by atoms with Crippen LogP contribution in [-0.2, 0) is 17.8 Å². The quantitative estimate of drug-likeness (QED) is 0.861. The Kier molecular flexibility index (Phi) is 4.03. The molecular formula is C18H18FNO3. The van der Waals surface area contributed by atoms with Gasteiger partial charge in [0.05, 0.1) is 11.6 Å². The van der Waals surface area contributed by atoms with Gasteiger partial charge in [-0.15, -0.1) is 0 Å². The third-order valence-electron chi connectivity index (χ3n) is 4.35. The van der Waals surface area contributed by atoms with E-state index in [1.165, 1.54) is 24.3 Å². The molecule has 5 heteroatoms. The molecular weight excluding hydrogens is 297 g/mol. The zero-order valence-electron chi connectivity index (χ0n) is 12.9. The molecule has 0 saturated heterocycles. The minimum absolute atomic E-state index is 0.175. The van der Waals surface area contributed by atoms with E-state index in [1.807, 2.05) is 17.6 Å². The van der Waals surface area contributed by atoms with Crippen molar-refractivity contribution in [1.82, 2.24) is 4.57 Å². The SMILES string of the molecule is CCCc1cc2n(c1C(=O)c1ccc(F)cc1)CCC2C(=O)O. The van der Waals surface area contributed by atoms with Gasteiger partial charge in [0, 0.05) is 17.8 Å². The third-order valence-corrected chi connectivity index (χ3v) is 4.35. The summed E-state index contributed by atoms with van der Waals surface area (Å²) >= 11 is 0. The van der Waals surface area contributed by atoms with Gasteiger partial charge in [0.1, 0.15) is 5.82 Å². The Bertz CT molecular complexity index is 761. The Morgan fingerprint density at radius 2 is 2.00 bits per heavy atom. The van der Waals surface area contributed by atoms with Crippen molar-refractivity contribution in [2.45, 2.75) is 38.6 Å². The highest BCUT2D eigenvalue weighted by molar-refractivity contribution is 6.09. The zero-order valence-corrected chi connectivity index (χ0v) is 12.9. The number of benzene rings is 1. The molecule has 2 heterocycles. The monoisotopic (exact) mass is 315 g/mol. The fourth-order valence-electron chi connectivity index (χ4n) is 3.28. The molecule has 0 bridgehead atoms. The highest BCUT2D eigenvalue weighted by Crippen LogP contribution is 2.34. The molecule has 0 radical (unpaired) electrons. The highest BCUT2D eigenvalue weighted by atomic mass is 19.1. The fraction of sp³-hybridized carbons (Fsp3) is 0.333. The number of nitrogens with zero attached hydrogens (tertiary/aromatic N) is 1. The number of ketones is 1. The van der Waals surface area contributed by atoms with Gasteiger partial charge in [0.25, 0.3) is 0 Å². The normalized spacial score (nSPS) is 16.3. The van der Waals surface area contributed by atoms with E-state index >= 15 is 0 Å². The van der Waals surface area contributed by atoms with E-state index in [0.717, 1.165) is 12.0 Å². The number of rotatable bonds is 5. The first-order chi connectivity index (χ1) is 11.0. The van der Waals surface area contributed by atoms with E-state index in [-0.39, 0.29) is 11.6 Å². The van der Waals surface area contributed by atoms with Gasteiger partial charge in [0.2, 0.25) is 5.78 Å². The summed E-state index contributed by atoms with van der Waals surface area (Å²) in [4.78, 5) is 24.2. The van der Waals surface area contributed by atoms with Crippen molar-refractivity contribution in [3.8, 4) is 0 Å². The van der Waals surface area contributed by atoms with Crippen LogP contribution in [0.15, 0.2) is 30.3 Å². The largest absolute Gasteiger partial charge is 0.481 e. The number of fused-ring (bicyclic) bond motifs is 1. The maximum atomic E-state index is 13.1. The van der Waals surface area contributed by atoms with Crippen LogP contribution in [0, 0.1) is 5.82 Å². The van der Waals surface area contributed by atoms with Crippen LogP contribution < -0.4 is 0 Å².